The number of hydrogen-bond donors (Lipinski definition) is 4. The lowest BCUT2D eigenvalue weighted by Gasteiger charge is -2.38. The third-order valence-electron chi connectivity index (χ3n) is 3.14. The van der Waals surface area contributed by atoms with Crippen LogP contribution in [0.2, 0.25) is 0 Å². The second-order valence-corrected chi connectivity index (χ2v) is 5.31. The maximum atomic E-state index is 10.8. The quantitative estimate of drug-likeness (QED) is 0.360. The Bertz CT molecular complexity index is 482. The second-order valence-electron chi connectivity index (χ2n) is 5.31. The fraction of sp³-hybridized carbons (Fsp3) is 0.545. The predicted octanol–water partition coefficient (Wildman–Crippen LogP) is 1.24. The molecule has 0 atom stereocenters. The molecule has 5 N–H and O–H groups in total. The molecule has 0 spiro atoms. The van der Waals surface area contributed by atoms with Crippen LogP contribution in [0.15, 0.2) is 12.1 Å². The van der Waals surface area contributed by atoms with Gasteiger partial charge < -0.3 is 15.8 Å². The van der Waals surface area contributed by atoms with E-state index in [4.69, 9.17) is 5.84 Å². The van der Waals surface area contributed by atoms with E-state index in [1.807, 2.05) is 0 Å². The van der Waals surface area contributed by atoms with Crippen molar-refractivity contribution in [1.82, 2.24) is 4.98 Å². The average Bonchev–Trinajstić information content (AvgIpc) is 2.26. The van der Waals surface area contributed by atoms with Gasteiger partial charge in [0.25, 0.3) is 5.69 Å². The summed E-state index contributed by atoms with van der Waals surface area (Å²) in [5.74, 6) is 5.65. The summed E-state index contributed by atoms with van der Waals surface area (Å²) in [5, 5.41) is 23.8. The van der Waals surface area contributed by atoms with Crippen LogP contribution in [-0.2, 0) is 0 Å². The number of nitrogens with one attached hydrogen (secondary N) is 2. The molecule has 1 rings (SSSR count). The molecule has 19 heavy (non-hydrogen) atoms. The molecular weight excluding hydrogens is 250 g/mol. The Kier molecular flexibility index (Phi) is 3.97. The van der Waals surface area contributed by atoms with Gasteiger partial charge in [0.1, 0.15) is 11.6 Å². The highest BCUT2D eigenvalue weighted by Gasteiger charge is 2.35. The van der Waals surface area contributed by atoms with Gasteiger partial charge in [-0.05, 0) is 27.7 Å². The molecule has 8 nitrogen and oxygen atoms in total. The summed E-state index contributed by atoms with van der Waals surface area (Å²) < 4.78 is 0. The highest BCUT2D eigenvalue weighted by atomic mass is 16.6. The smallest absolute Gasteiger partial charge is 0.276 e. The van der Waals surface area contributed by atoms with Crippen LogP contribution in [0.25, 0.3) is 0 Å². The standard InChI is InChI=1S/C11H19N5O3/c1-10(2,11(3,4)17)14-8-5-7(16(18)19)6-9(13-8)15-12/h5-6,17H,12H2,1-4H3,(H2,13,14,15). The van der Waals surface area contributed by atoms with Gasteiger partial charge in [0.2, 0.25) is 0 Å². The topological polar surface area (TPSA) is 126 Å². The molecule has 0 amide bonds. The van der Waals surface area contributed by atoms with Gasteiger partial charge in [-0.1, -0.05) is 0 Å². The van der Waals surface area contributed by atoms with Gasteiger partial charge in [0.05, 0.1) is 28.2 Å². The first kappa shape index (κ1) is 15.1. The van der Waals surface area contributed by atoms with Crippen molar-refractivity contribution in [2.45, 2.75) is 38.8 Å². The molecule has 0 fully saturated rings. The number of hydrazine groups is 1. The highest BCUT2D eigenvalue weighted by molar-refractivity contribution is 5.55. The molecule has 106 valence electrons. The van der Waals surface area contributed by atoms with E-state index in [1.165, 1.54) is 12.1 Å². The van der Waals surface area contributed by atoms with Crippen LogP contribution in [0.5, 0.6) is 0 Å². The van der Waals surface area contributed by atoms with E-state index >= 15 is 0 Å². The molecule has 1 heterocycles. The number of nitrogens with zero attached hydrogens (tertiary/aromatic N) is 2. The van der Waals surface area contributed by atoms with Crippen LogP contribution in [0.4, 0.5) is 17.3 Å². The first-order valence-electron chi connectivity index (χ1n) is 5.70. The van der Waals surface area contributed by atoms with Crippen molar-refractivity contribution in [2.75, 3.05) is 10.7 Å². The molecule has 0 unspecified atom stereocenters. The zero-order valence-corrected chi connectivity index (χ0v) is 11.4. The minimum atomic E-state index is -1.05. The number of nitrogen functional groups attached to an aromatic ring is 1. The first-order chi connectivity index (χ1) is 8.56. The van der Waals surface area contributed by atoms with Gasteiger partial charge in [-0.2, -0.15) is 0 Å². The summed E-state index contributed by atoms with van der Waals surface area (Å²) in [6.07, 6.45) is 0. The Morgan fingerprint density at radius 2 is 1.84 bits per heavy atom. The fourth-order valence-electron chi connectivity index (χ4n) is 1.23. The van der Waals surface area contributed by atoms with Crippen LogP contribution in [0, 0.1) is 10.1 Å². The molecule has 0 aromatic carbocycles. The number of pyridine rings is 1. The molecule has 1 aromatic heterocycles. The van der Waals surface area contributed by atoms with Crippen molar-refractivity contribution >= 4 is 17.3 Å². The number of anilines is 2. The molecule has 0 bridgehead atoms. The Balaban J connectivity index is 3.14. The maximum Gasteiger partial charge on any atom is 0.276 e. The van der Waals surface area contributed by atoms with Gasteiger partial charge in [0.15, 0.2) is 0 Å². The molecule has 0 radical (unpaired) electrons. The van der Waals surface area contributed by atoms with Crippen LogP contribution in [-0.4, -0.2) is 26.2 Å². The van der Waals surface area contributed by atoms with Crippen LogP contribution in [0.3, 0.4) is 0 Å². The molecule has 0 aliphatic carbocycles. The van der Waals surface area contributed by atoms with Crippen molar-refractivity contribution in [3.63, 3.8) is 0 Å². The number of hydrogen-bond acceptors (Lipinski definition) is 7. The number of nitro groups is 1. The molecule has 0 saturated heterocycles. The number of aliphatic hydroxyl groups is 1. The minimum absolute atomic E-state index is 0.142. The summed E-state index contributed by atoms with van der Waals surface area (Å²) >= 11 is 0. The molecule has 1 aromatic rings. The van der Waals surface area contributed by atoms with Gasteiger partial charge in [-0.25, -0.2) is 10.8 Å². The van der Waals surface area contributed by atoms with Crippen LogP contribution in [0.1, 0.15) is 27.7 Å². The van der Waals surface area contributed by atoms with Gasteiger partial charge in [0, 0.05) is 0 Å². The van der Waals surface area contributed by atoms with E-state index in [9.17, 15) is 15.2 Å². The number of aromatic nitrogens is 1. The Labute approximate surface area is 111 Å². The van der Waals surface area contributed by atoms with Gasteiger partial charge >= 0.3 is 0 Å². The maximum absolute atomic E-state index is 10.8. The van der Waals surface area contributed by atoms with Crippen molar-refractivity contribution in [2.24, 2.45) is 5.84 Å². The lowest BCUT2D eigenvalue weighted by Crippen LogP contribution is -2.51. The van der Waals surface area contributed by atoms with E-state index in [1.54, 1.807) is 27.7 Å². The van der Waals surface area contributed by atoms with Crippen molar-refractivity contribution in [1.29, 1.82) is 0 Å². The molecular formula is C11H19N5O3. The van der Waals surface area contributed by atoms with E-state index in [2.05, 4.69) is 15.7 Å². The van der Waals surface area contributed by atoms with E-state index < -0.39 is 16.1 Å². The van der Waals surface area contributed by atoms with Gasteiger partial charge in [-0.3, -0.25) is 10.1 Å². The molecule has 0 aliphatic rings. The molecule has 0 aliphatic heterocycles. The van der Waals surface area contributed by atoms with Crippen molar-refractivity contribution < 1.29 is 10.0 Å². The molecule has 8 heteroatoms. The second kappa shape index (κ2) is 4.98. The monoisotopic (exact) mass is 269 g/mol. The third kappa shape index (κ3) is 3.52. The summed E-state index contributed by atoms with van der Waals surface area (Å²) in [4.78, 5) is 14.3. The SMILES string of the molecule is CC(C)(O)C(C)(C)Nc1cc([N+](=O)[O-])cc(NN)n1. The van der Waals surface area contributed by atoms with Crippen molar-refractivity contribution in [3.05, 3.63) is 22.2 Å². The summed E-state index contributed by atoms with van der Waals surface area (Å²) in [5.41, 5.74) is 0.346. The Hall–Kier alpha value is -1.93. The minimum Gasteiger partial charge on any atom is -0.388 e. The summed E-state index contributed by atoms with van der Waals surface area (Å²) in [6, 6.07) is 2.51. The number of nitrogens with two attached hydrogens (primary N) is 1. The largest absolute Gasteiger partial charge is 0.388 e. The normalized spacial score (nSPS) is 12.1. The lowest BCUT2D eigenvalue weighted by molar-refractivity contribution is -0.384. The number of rotatable bonds is 5. The fourth-order valence-corrected chi connectivity index (χ4v) is 1.23. The van der Waals surface area contributed by atoms with E-state index in [0.717, 1.165) is 0 Å². The summed E-state index contributed by atoms with van der Waals surface area (Å²) in [6.45, 7) is 6.81. The zero-order valence-electron chi connectivity index (χ0n) is 11.4. The van der Waals surface area contributed by atoms with Crippen LogP contribution >= 0.6 is 0 Å². The Morgan fingerprint density at radius 1 is 1.32 bits per heavy atom. The predicted molar refractivity (Wildman–Crippen MR) is 72.7 cm³/mol. The van der Waals surface area contributed by atoms with E-state index in [-0.39, 0.29) is 17.3 Å². The van der Waals surface area contributed by atoms with Crippen molar-refractivity contribution in [3.8, 4) is 0 Å². The lowest BCUT2D eigenvalue weighted by atomic mass is 9.86. The average molecular weight is 269 g/mol. The highest BCUT2D eigenvalue weighted by Crippen LogP contribution is 2.27. The van der Waals surface area contributed by atoms with Crippen LogP contribution < -0.4 is 16.6 Å². The first-order valence-corrected chi connectivity index (χ1v) is 5.70. The van der Waals surface area contributed by atoms with E-state index in [0.29, 0.717) is 0 Å². The Morgan fingerprint density at radius 3 is 2.26 bits per heavy atom. The summed E-state index contributed by atoms with van der Waals surface area (Å²) in [7, 11) is 0. The third-order valence-corrected chi connectivity index (χ3v) is 3.14. The molecule has 0 saturated carbocycles. The zero-order chi connectivity index (χ0) is 14.8. The van der Waals surface area contributed by atoms with Gasteiger partial charge in [-0.15, -0.1) is 0 Å².